The van der Waals surface area contributed by atoms with Gasteiger partial charge in [0.1, 0.15) is 0 Å². The molecule has 104 valence electrons. The van der Waals surface area contributed by atoms with Crippen molar-refractivity contribution < 1.29 is 9.90 Å². The zero-order valence-electron chi connectivity index (χ0n) is 11.2. The van der Waals surface area contributed by atoms with Crippen molar-refractivity contribution in [2.45, 2.75) is 25.4 Å². The molecule has 3 N–H and O–H groups in total. The first-order valence-electron chi connectivity index (χ1n) is 6.87. The molecule has 1 saturated carbocycles. The molecule has 0 radical (unpaired) electrons. The van der Waals surface area contributed by atoms with Gasteiger partial charge in [0.2, 0.25) is 0 Å². The molecule has 1 aromatic heterocycles. The highest BCUT2D eigenvalue weighted by Crippen LogP contribution is 2.39. The number of carboxylic acids is 1. The predicted molar refractivity (Wildman–Crippen MR) is 76.6 cm³/mol. The SMILES string of the molecule is NC(c1ccn(Cc2ccc(C(=O)O)cc2)c1)C1CC1. The van der Waals surface area contributed by atoms with Crippen molar-refractivity contribution in [1.82, 2.24) is 4.57 Å². The number of benzene rings is 1. The van der Waals surface area contributed by atoms with E-state index in [1.807, 2.05) is 18.3 Å². The van der Waals surface area contributed by atoms with E-state index in [0.29, 0.717) is 11.5 Å². The number of nitrogens with two attached hydrogens (primary N) is 1. The molecule has 1 unspecified atom stereocenters. The van der Waals surface area contributed by atoms with E-state index in [1.54, 1.807) is 12.1 Å². The molecule has 0 spiro atoms. The summed E-state index contributed by atoms with van der Waals surface area (Å²) in [6.45, 7) is 0.733. The van der Waals surface area contributed by atoms with E-state index >= 15 is 0 Å². The van der Waals surface area contributed by atoms with E-state index in [2.05, 4.69) is 16.8 Å². The van der Waals surface area contributed by atoms with Gasteiger partial charge >= 0.3 is 5.97 Å². The Morgan fingerprint density at radius 2 is 2.00 bits per heavy atom. The second kappa shape index (κ2) is 5.13. The van der Waals surface area contributed by atoms with Crippen LogP contribution in [0.3, 0.4) is 0 Å². The number of nitrogens with zero attached hydrogens (tertiary/aromatic N) is 1. The first kappa shape index (κ1) is 12.9. The van der Waals surface area contributed by atoms with Crippen molar-refractivity contribution in [3.63, 3.8) is 0 Å². The fourth-order valence-electron chi connectivity index (χ4n) is 2.45. The summed E-state index contributed by atoms with van der Waals surface area (Å²) in [5, 5.41) is 8.87. The third kappa shape index (κ3) is 2.75. The zero-order chi connectivity index (χ0) is 14.1. The molecule has 0 amide bonds. The van der Waals surface area contributed by atoms with E-state index in [1.165, 1.54) is 18.4 Å². The molecule has 4 heteroatoms. The maximum absolute atomic E-state index is 10.8. The van der Waals surface area contributed by atoms with Crippen LogP contribution in [-0.4, -0.2) is 15.6 Å². The summed E-state index contributed by atoms with van der Waals surface area (Å²) in [5.74, 6) is -0.240. The molecule has 0 bridgehead atoms. The lowest BCUT2D eigenvalue weighted by Gasteiger charge is -2.07. The van der Waals surface area contributed by atoms with Crippen molar-refractivity contribution in [3.8, 4) is 0 Å². The third-order valence-corrected chi connectivity index (χ3v) is 3.85. The first-order chi connectivity index (χ1) is 9.63. The molecule has 1 heterocycles. The van der Waals surface area contributed by atoms with Crippen LogP contribution in [0.4, 0.5) is 0 Å². The summed E-state index contributed by atoms with van der Waals surface area (Å²) in [5.41, 5.74) is 8.77. The molecule has 1 aliphatic carbocycles. The van der Waals surface area contributed by atoms with E-state index in [4.69, 9.17) is 10.8 Å². The summed E-state index contributed by atoms with van der Waals surface area (Å²) >= 11 is 0. The monoisotopic (exact) mass is 270 g/mol. The van der Waals surface area contributed by atoms with Gasteiger partial charge in [-0.1, -0.05) is 12.1 Å². The minimum atomic E-state index is -0.893. The van der Waals surface area contributed by atoms with Gasteiger partial charge in [-0.05, 0) is 48.1 Å². The molecule has 4 nitrogen and oxygen atoms in total. The van der Waals surface area contributed by atoms with Gasteiger partial charge in [-0.3, -0.25) is 0 Å². The minimum Gasteiger partial charge on any atom is -0.478 e. The van der Waals surface area contributed by atoms with Gasteiger partial charge in [-0.2, -0.15) is 0 Å². The van der Waals surface area contributed by atoms with Gasteiger partial charge in [0.05, 0.1) is 5.56 Å². The zero-order valence-corrected chi connectivity index (χ0v) is 11.2. The number of carboxylic acid groups (broad SMARTS) is 1. The fourth-order valence-corrected chi connectivity index (χ4v) is 2.45. The Bertz CT molecular complexity index is 612. The fraction of sp³-hybridized carbons (Fsp3) is 0.312. The van der Waals surface area contributed by atoms with Gasteiger partial charge in [0, 0.05) is 25.0 Å². The van der Waals surface area contributed by atoms with Crippen LogP contribution in [0.25, 0.3) is 0 Å². The predicted octanol–water partition coefficient (Wildman–Crippen LogP) is 2.64. The second-order valence-corrected chi connectivity index (χ2v) is 5.48. The molecular weight excluding hydrogens is 252 g/mol. The van der Waals surface area contributed by atoms with Gasteiger partial charge in [0.25, 0.3) is 0 Å². The molecule has 20 heavy (non-hydrogen) atoms. The Labute approximate surface area is 117 Å². The molecule has 1 aromatic carbocycles. The Hall–Kier alpha value is -2.07. The lowest BCUT2D eigenvalue weighted by Crippen LogP contribution is -2.11. The molecule has 1 atom stereocenters. The van der Waals surface area contributed by atoms with E-state index < -0.39 is 5.97 Å². The van der Waals surface area contributed by atoms with Crippen molar-refractivity contribution in [2.75, 3.05) is 0 Å². The summed E-state index contributed by atoms with van der Waals surface area (Å²) < 4.78 is 2.09. The molecular formula is C16H18N2O2. The average molecular weight is 270 g/mol. The molecule has 0 saturated heterocycles. The Balaban J connectivity index is 1.69. The van der Waals surface area contributed by atoms with Crippen LogP contribution in [0.15, 0.2) is 42.7 Å². The standard InChI is InChI=1S/C16H18N2O2/c17-15(12-5-6-12)14-7-8-18(10-14)9-11-1-3-13(4-2-11)16(19)20/h1-4,7-8,10,12,15H,5-6,9,17H2,(H,19,20). The number of rotatable bonds is 5. The Morgan fingerprint density at radius 1 is 1.30 bits per heavy atom. The highest BCUT2D eigenvalue weighted by Gasteiger charge is 2.29. The highest BCUT2D eigenvalue weighted by atomic mass is 16.4. The van der Waals surface area contributed by atoms with Crippen molar-refractivity contribution in [2.24, 2.45) is 11.7 Å². The number of hydrogen-bond donors (Lipinski definition) is 2. The quantitative estimate of drug-likeness (QED) is 0.877. The molecule has 1 aliphatic rings. The van der Waals surface area contributed by atoms with Crippen molar-refractivity contribution in [3.05, 3.63) is 59.4 Å². The van der Waals surface area contributed by atoms with E-state index in [9.17, 15) is 4.79 Å². The number of carbonyl (C=O) groups is 1. The molecule has 1 fully saturated rings. The van der Waals surface area contributed by atoms with E-state index in [0.717, 1.165) is 12.1 Å². The van der Waals surface area contributed by atoms with Crippen molar-refractivity contribution in [1.29, 1.82) is 0 Å². The number of aromatic nitrogens is 1. The van der Waals surface area contributed by atoms with Crippen LogP contribution in [0.2, 0.25) is 0 Å². The van der Waals surface area contributed by atoms with Crippen molar-refractivity contribution >= 4 is 5.97 Å². The summed E-state index contributed by atoms with van der Waals surface area (Å²) in [4.78, 5) is 10.8. The third-order valence-electron chi connectivity index (χ3n) is 3.85. The minimum absolute atomic E-state index is 0.158. The maximum atomic E-state index is 10.8. The molecule has 2 aromatic rings. The highest BCUT2D eigenvalue weighted by molar-refractivity contribution is 5.87. The summed E-state index contributed by atoms with van der Waals surface area (Å²) in [6, 6.07) is 9.21. The largest absolute Gasteiger partial charge is 0.478 e. The molecule has 0 aliphatic heterocycles. The Kier molecular flexibility index (Phi) is 3.32. The van der Waals surface area contributed by atoms with Gasteiger partial charge in [-0.15, -0.1) is 0 Å². The van der Waals surface area contributed by atoms with Crippen LogP contribution >= 0.6 is 0 Å². The van der Waals surface area contributed by atoms with Crippen LogP contribution < -0.4 is 5.73 Å². The van der Waals surface area contributed by atoms with Crippen LogP contribution in [0, 0.1) is 5.92 Å². The van der Waals surface area contributed by atoms with Gasteiger partial charge in [0.15, 0.2) is 0 Å². The first-order valence-corrected chi connectivity index (χ1v) is 6.87. The smallest absolute Gasteiger partial charge is 0.335 e. The van der Waals surface area contributed by atoms with E-state index in [-0.39, 0.29) is 6.04 Å². The van der Waals surface area contributed by atoms with Gasteiger partial charge in [-0.25, -0.2) is 4.79 Å². The molecule has 3 rings (SSSR count). The normalized spacial score (nSPS) is 16.1. The van der Waals surface area contributed by atoms with Crippen LogP contribution in [0.5, 0.6) is 0 Å². The second-order valence-electron chi connectivity index (χ2n) is 5.48. The van der Waals surface area contributed by atoms with Crippen LogP contribution in [-0.2, 0) is 6.54 Å². The average Bonchev–Trinajstić information content (AvgIpc) is 3.19. The Morgan fingerprint density at radius 3 is 2.60 bits per heavy atom. The van der Waals surface area contributed by atoms with Crippen LogP contribution in [0.1, 0.15) is 40.4 Å². The van der Waals surface area contributed by atoms with Gasteiger partial charge < -0.3 is 15.4 Å². The maximum Gasteiger partial charge on any atom is 0.335 e. The summed E-state index contributed by atoms with van der Waals surface area (Å²) in [6.07, 6.45) is 6.60. The number of aromatic carboxylic acids is 1. The number of hydrogen-bond acceptors (Lipinski definition) is 2. The topological polar surface area (TPSA) is 68.2 Å². The summed E-state index contributed by atoms with van der Waals surface area (Å²) in [7, 11) is 0. The lowest BCUT2D eigenvalue weighted by atomic mass is 10.1. The lowest BCUT2D eigenvalue weighted by molar-refractivity contribution is 0.0697.